The molecule has 15 heteroatoms. The molecule has 15 nitrogen and oxygen atoms in total. The molecule has 67 heavy (non-hydrogen) atoms. The van der Waals surface area contributed by atoms with E-state index in [2.05, 4.69) is 0 Å². The molecule has 3 N–H and O–H groups in total. The lowest BCUT2D eigenvalue weighted by Crippen LogP contribution is -2.61. The zero-order chi connectivity index (χ0) is 49.4. The summed E-state index contributed by atoms with van der Waals surface area (Å²) in [7, 11) is 4.58. The van der Waals surface area contributed by atoms with Gasteiger partial charge in [0.25, 0.3) is 11.7 Å². The quantitative estimate of drug-likeness (QED) is 0.139. The van der Waals surface area contributed by atoms with Gasteiger partial charge in [0, 0.05) is 58.5 Å². The smallest absolute Gasteiger partial charge is 0.329 e. The number of carbonyl (C=O) groups excluding carboxylic acids is 5. The Balaban J connectivity index is 1.68. The van der Waals surface area contributed by atoms with Crippen molar-refractivity contribution in [2.75, 3.05) is 41.1 Å². The predicted molar refractivity (Wildman–Crippen MR) is 251 cm³/mol. The fraction of sp³-hybridized carbons (Fsp3) is 0.750. The number of fused-ring (bicyclic) bond motifs is 3. The summed E-state index contributed by atoms with van der Waals surface area (Å²) in [6, 6.07) is -1.14. The number of rotatable bonds is 9. The molecule has 0 aromatic heterocycles. The van der Waals surface area contributed by atoms with Crippen LogP contribution in [0.15, 0.2) is 47.6 Å². The maximum absolute atomic E-state index is 14.4. The van der Waals surface area contributed by atoms with Crippen LogP contribution in [0, 0.1) is 29.6 Å². The van der Waals surface area contributed by atoms with Crippen molar-refractivity contribution in [2.45, 2.75) is 180 Å². The number of carbonyl (C=O) groups is 5. The van der Waals surface area contributed by atoms with Crippen LogP contribution >= 0.6 is 0 Å². The van der Waals surface area contributed by atoms with Crippen molar-refractivity contribution in [3.63, 3.8) is 0 Å². The van der Waals surface area contributed by atoms with Gasteiger partial charge < -0.3 is 48.6 Å². The van der Waals surface area contributed by atoms with Crippen LogP contribution in [-0.4, -0.2) is 145 Å². The summed E-state index contributed by atoms with van der Waals surface area (Å²) in [5.41, 5.74) is 1.27. The highest BCUT2D eigenvalue weighted by Gasteiger charge is 2.53. The molecule has 14 atom stereocenters. The van der Waals surface area contributed by atoms with Crippen molar-refractivity contribution in [3.05, 3.63) is 47.6 Å². The Morgan fingerprint density at radius 3 is 2.30 bits per heavy atom. The largest absolute Gasteiger partial charge is 0.460 e. The Hall–Kier alpha value is -3.41. The Kier molecular flexibility index (Phi) is 22.7. The number of amides is 1. The highest BCUT2D eigenvalue weighted by molar-refractivity contribution is 6.39. The monoisotopic (exact) mass is 944 g/mol. The van der Waals surface area contributed by atoms with E-state index in [4.69, 9.17) is 28.4 Å². The number of ketones is 3. The van der Waals surface area contributed by atoms with Gasteiger partial charge in [-0.3, -0.25) is 19.2 Å². The van der Waals surface area contributed by atoms with Crippen LogP contribution in [-0.2, 0) is 52.4 Å². The maximum Gasteiger partial charge on any atom is 0.329 e. The number of aliphatic hydroxyl groups excluding tert-OH is 2. The van der Waals surface area contributed by atoms with Gasteiger partial charge in [0.2, 0.25) is 5.79 Å². The molecule has 378 valence electrons. The molecular weight excluding hydrogens is 863 g/mol. The molecule has 0 spiro atoms. The lowest BCUT2D eigenvalue weighted by atomic mass is 9.78. The number of piperidine rings is 1. The fourth-order valence-electron chi connectivity index (χ4n) is 10.2. The number of nitrogens with zero attached hydrogens (tertiary/aromatic N) is 1. The molecule has 2 bridgehead atoms. The average molecular weight is 944 g/mol. The van der Waals surface area contributed by atoms with Gasteiger partial charge in [-0.05, 0) is 107 Å². The molecule has 1 saturated carbocycles. The summed E-state index contributed by atoms with van der Waals surface area (Å²) >= 11 is 0. The van der Waals surface area contributed by atoms with Crippen LogP contribution in [0.25, 0.3) is 0 Å². The molecule has 1 aliphatic carbocycles. The average Bonchev–Trinajstić information content (AvgIpc) is 3.32. The minimum atomic E-state index is -2.43. The molecule has 2 saturated heterocycles. The standard InChI is InChI=1S/C52H81NO14/c1-32-17-13-11-10-12-14-18-33(2)46(56)48(64-9)47(57)36(5)27-34(3)41(55)31-44(35(4)28-38-21-23-42(65-26-25-54)45(29-38)63-8)66-51(60)40-19-15-16-24-53(40)50(59)49(58)52(61)37(6)20-22-39(67-52)30-43(32)62-7/h10-13,17,27,33-35,37-40,42-45,47-48,54,57,61H,14-16,18-26,28-31H2,1-9H3/b12-10+,13-11+,32-17+,36-27+/t33-,34-,35-,37-,38+,39+,40+,42-,43+,44+,45-,47-,48+,52-/m1/s1. The van der Waals surface area contributed by atoms with Gasteiger partial charge >= 0.3 is 5.97 Å². The van der Waals surface area contributed by atoms with E-state index in [1.54, 1.807) is 48.0 Å². The molecule has 4 aliphatic rings. The summed E-state index contributed by atoms with van der Waals surface area (Å²) < 4.78 is 35.5. The zero-order valence-corrected chi connectivity index (χ0v) is 41.6. The van der Waals surface area contributed by atoms with Gasteiger partial charge in [-0.15, -0.1) is 0 Å². The van der Waals surface area contributed by atoms with E-state index in [-0.39, 0.29) is 68.2 Å². The van der Waals surface area contributed by atoms with Crippen molar-refractivity contribution in [1.82, 2.24) is 4.90 Å². The Morgan fingerprint density at radius 2 is 1.61 bits per heavy atom. The summed E-state index contributed by atoms with van der Waals surface area (Å²) in [5.74, 6) is -7.93. The SMILES string of the molecule is CO[C@H]1C[C@@H]2CC[C@@H](C)[C@@](O)(O2)C(=O)C(=O)N2CCCC[C@H]2C(=O)O[C@H]([C@H](C)C[C@@H]2CC[C@@H](OCCO)[C@H](OC)C2)CC(=O)[C@H](C)/C=C(\C)[C@@H](O)[C@@H](OC)C(=O)[C@H](C)CC/C=C/C=C/C=C/1C. The highest BCUT2D eigenvalue weighted by atomic mass is 16.6. The van der Waals surface area contributed by atoms with Gasteiger partial charge in [0.05, 0.1) is 37.6 Å². The summed E-state index contributed by atoms with van der Waals surface area (Å²) in [6.45, 7) is 10.9. The van der Waals surface area contributed by atoms with Crippen molar-refractivity contribution < 1.29 is 67.7 Å². The number of allylic oxidation sites excluding steroid dienone is 6. The van der Waals surface area contributed by atoms with E-state index in [1.807, 2.05) is 44.2 Å². The van der Waals surface area contributed by atoms with E-state index in [0.717, 1.165) is 12.0 Å². The normalized spacial score (nSPS) is 38.4. The van der Waals surface area contributed by atoms with Gasteiger partial charge in [0.15, 0.2) is 5.78 Å². The first-order valence-corrected chi connectivity index (χ1v) is 24.6. The Bertz CT molecular complexity index is 1770. The molecule has 4 rings (SSSR count). The number of cyclic esters (lactones) is 1. The highest BCUT2D eigenvalue weighted by Crippen LogP contribution is 2.38. The first kappa shape index (κ1) is 56.2. The zero-order valence-electron chi connectivity index (χ0n) is 41.6. The van der Waals surface area contributed by atoms with Crippen LogP contribution in [0.2, 0.25) is 0 Å². The van der Waals surface area contributed by atoms with Crippen LogP contribution in [0.5, 0.6) is 0 Å². The van der Waals surface area contributed by atoms with Crippen molar-refractivity contribution >= 4 is 29.2 Å². The van der Waals surface area contributed by atoms with Gasteiger partial charge in [0.1, 0.15) is 30.1 Å². The summed E-state index contributed by atoms with van der Waals surface area (Å²) in [6.07, 6.45) is 12.6. The van der Waals surface area contributed by atoms with E-state index in [1.165, 1.54) is 12.0 Å². The second kappa shape index (κ2) is 27.1. The number of aliphatic hydroxyl groups is 3. The van der Waals surface area contributed by atoms with Crippen LogP contribution in [0.3, 0.4) is 0 Å². The first-order chi connectivity index (χ1) is 31.9. The van der Waals surface area contributed by atoms with Crippen molar-refractivity contribution in [3.8, 4) is 0 Å². The van der Waals surface area contributed by atoms with Crippen LogP contribution < -0.4 is 0 Å². The lowest BCUT2D eigenvalue weighted by molar-refractivity contribution is -0.265. The number of esters is 1. The number of Topliss-reactive ketones (excluding diaryl/α,β-unsaturated/α-hetero) is 3. The predicted octanol–water partition coefficient (Wildman–Crippen LogP) is 5.95. The molecule has 0 radical (unpaired) electrons. The molecule has 3 heterocycles. The third-order valence-electron chi connectivity index (χ3n) is 14.6. The second-order valence-corrected chi connectivity index (χ2v) is 19.6. The third-order valence-corrected chi connectivity index (χ3v) is 14.6. The van der Waals surface area contributed by atoms with Gasteiger partial charge in [-0.25, -0.2) is 4.79 Å². The topological polar surface area (TPSA) is 205 Å². The van der Waals surface area contributed by atoms with Crippen LogP contribution in [0.1, 0.15) is 125 Å². The number of methoxy groups -OCH3 is 3. The van der Waals surface area contributed by atoms with E-state index in [9.17, 15) is 39.3 Å². The Morgan fingerprint density at radius 1 is 0.866 bits per heavy atom. The van der Waals surface area contributed by atoms with E-state index in [0.29, 0.717) is 69.8 Å². The van der Waals surface area contributed by atoms with E-state index < -0.39 is 77.8 Å². The van der Waals surface area contributed by atoms with Gasteiger partial charge in [-0.2, -0.15) is 0 Å². The number of hydrogen-bond acceptors (Lipinski definition) is 14. The summed E-state index contributed by atoms with van der Waals surface area (Å²) in [5, 5.41) is 32.7. The molecule has 0 unspecified atom stereocenters. The van der Waals surface area contributed by atoms with E-state index >= 15 is 0 Å². The molecule has 3 fully saturated rings. The van der Waals surface area contributed by atoms with Gasteiger partial charge in [-0.1, -0.05) is 64.2 Å². The summed E-state index contributed by atoms with van der Waals surface area (Å²) in [4.78, 5) is 71.9. The Labute approximate surface area is 398 Å². The number of hydrogen-bond donors (Lipinski definition) is 3. The molecule has 0 aromatic carbocycles. The first-order valence-electron chi connectivity index (χ1n) is 24.6. The third kappa shape index (κ3) is 15.3. The van der Waals surface area contributed by atoms with Crippen LogP contribution in [0.4, 0.5) is 0 Å². The van der Waals surface area contributed by atoms with Crippen molar-refractivity contribution in [1.29, 1.82) is 0 Å². The van der Waals surface area contributed by atoms with Crippen molar-refractivity contribution in [2.24, 2.45) is 29.6 Å². The molecule has 3 aliphatic heterocycles. The number of ether oxygens (including phenoxy) is 6. The molecule has 0 aromatic rings. The maximum atomic E-state index is 14.4. The molecule has 1 amide bonds. The minimum Gasteiger partial charge on any atom is -0.460 e. The molecular formula is C52H81NO14. The minimum absolute atomic E-state index is 0.0863. The second-order valence-electron chi connectivity index (χ2n) is 19.6. The fourth-order valence-corrected chi connectivity index (χ4v) is 10.2. The lowest BCUT2D eigenvalue weighted by Gasteiger charge is -2.42.